The Bertz CT molecular complexity index is 715. The van der Waals surface area contributed by atoms with Gasteiger partial charge in [-0.25, -0.2) is 13.1 Å². The molecule has 8 heteroatoms. The maximum Gasteiger partial charge on any atom is 0.244 e. The summed E-state index contributed by atoms with van der Waals surface area (Å²) < 4.78 is 45.7. The van der Waals surface area contributed by atoms with Crippen molar-refractivity contribution < 1.29 is 22.3 Å². The Labute approximate surface area is 141 Å². The van der Waals surface area contributed by atoms with Gasteiger partial charge < -0.3 is 9.64 Å². The van der Waals surface area contributed by atoms with Crippen LogP contribution in [0.3, 0.4) is 0 Å². The van der Waals surface area contributed by atoms with Crippen LogP contribution >= 0.6 is 0 Å². The maximum absolute atomic E-state index is 12.4. The molecule has 132 valence electrons. The molecule has 2 aliphatic heterocycles. The van der Waals surface area contributed by atoms with E-state index in [4.69, 9.17) is 4.74 Å². The molecular weight excluding hydrogens is 335 g/mol. The molecule has 0 bridgehead atoms. The first-order chi connectivity index (χ1) is 11.5. The first-order valence-corrected chi connectivity index (χ1v) is 9.49. The number of nitrogens with zero attached hydrogens (tertiary/aromatic N) is 1. The van der Waals surface area contributed by atoms with Crippen LogP contribution in [0.4, 0.5) is 4.39 Å². The van der Waals surface area contributed by atoms with Crippen LogP contribution in [0.5, 0.6) is 5.75 Å². The molecule has 2 heterocycles. The van der Waals surface area contributed by atoms with Crippen LogP contribution < -0.4 is 9.46 Å². The highest BCUT2D eigenvalue weighted by Crippen LogP contribution is 2.35. The largest absolute Gasteiger partial charge is 0.492 e. The summed E-state index contributed by atoms with van der Waals surface area (Å²) in [6, 6.07) is 6.57. The van der Waals surface area contributed by atoms with Crippen molar-refractivity contribution in [2.45, 2.75) is 24.2 Å². The number of nitrogens with one attached hydrogen (secondary N) is 1. The molecule has 2 aliphatic rings. The molecule has 24 heavy (non-hydrogen) atoms. The molecular formula is C16H21FN2O4S. The van der Waals surface area contributed by atoms with E-state index in [2.05, 4.69) is 4.72 Å². The van der Waals surface area contributed by atoms with Crippen molar-refractivity contribution >= 4 is 15.9 Å². The molecule has 0 aliphatic carbocycles. The number of sulfonamides is 1. The zero-order valence-corrected chi connectivity index (χ0v) is 14.1. The van der Waals surface area contributed by atoms with Crippen molar-refractivity contribution in [2.24, 2.45) is 5.41 Å². The minimum Gasteiger partial charge on any atom is -0.492 e. The number of amides is 1. The Morgan fingerprint density at radius 1 is 1.29 bits per heavy atom. The number of hydrogen-bond donors (Lipinski definition) is 1. The zero-order chi connectivity index (χ0) is 17.2. The Hall–Kier alpha value is -1.67. The third kappa shape index (κ3) is 3.39. The molecule has 1 amide bonds. The number of ether oxygens (including phenoxy) is 1. The fourth-order valence-corrected chi connectivity index (χ4v) is 4.49. The number of rotatable bonds is 2. The second kappa shape index (κ2) is 6.68. The van der Waals surface area contributed by atoms with E-state index >= 15 is 0 Å². The average molecular weight is 356 g/mol. The van der Waals surface area contributed by atoms with E-state index in [0.717, 1.165) is 0 Å². The maximum atomic E-state index is 12.4. The summed E-state index contributed by atoms with van der Waals surface area (Å²) >= 11 is 0. The molecule has 0 saturated carbocycles. The topological polar surface area (TPSA) is 75.7 Å². The molecule has 1 aromatic carbocycles. The molecule has 1 fully saturated rings. The van der Waals surface area contributed by atoms with Crippen LogP contribution in [0.15, 0.2) is 29.2 Å². The SMILES string of the molecule is O=C(CCF)N1CCC2(CC1)CNS(=O)(=O)c1ccccc1OC2. The van der Waals surface area contributed by atoms with Crippen molar-refractivity contribution in [1.29, 1.82) is 0 Å². The summed E-state index contributed by atoms with van der Waals surface area (Å²) in [5.74, 6) is 0.157. The molecule has 6 nitrogen and oxygen atoms in total. The van der Waals surface area contributed by atoms with E-state index in [0.29, 0.717) is 38.3 Å². The first kappa shape index (κ1) is 17.2. The lowest BCUT2D eigenvalue weighted by Gasteiger charge is -2.42. The second-order valence-corrected chi connectivity index (χ2v) is 8.12. The lowest BCUT2D eigenvalue weighted by molar-refractivity contribution is -0.134. The minimum atomic E-state index is -3.62. The van der Waals surface area contributed by atoms with E-state index in [1.54, 1.807) is 23.1 Å². The van der Waals surface area contributed by atoms with E-state index in [1.807, 2.05) is 0 Å². The molecule has 1 spiro atoms. The minimum absolute atomic E-state index is 0.0937. The zero-order valence-electron chi connectivity index (χ0n) is 13.3. The van der Waals surface area contributed by atoms with Crippen LogP contribution in [0, 0.1) is 5.41 Å². The quantitative estimate of drug-likeness (QED) is 0.867. The van der Waals surface area contributed by atoms with Crippen LogP contribution in [-0.4, -0.2) is 52.1 Å². The predicted octanol–water partition coefficient (Wildman–Crippen LogP) is 1.33. The number of fused-ring (bicyclic) bond motifs is 1. The molecule has 0 unspecified atom stereocenters. The summed E-state index contributed by atoms with van der Waals surface area (Å²) in [6.45, 7) is 0.990. The number of piperidine rings is 1. The van der Waals surface area contributed by atoms with Crippen molar-refractivity contribution in [3.8, 4) is 5.75 Å². The molecule has 1 saturated heterocycles. The molecule has 1 N–H and O–H groups in total. The van der Waals surface area contributed by atoms with Gasteiger partial charge in [-0.2, -0.15) is 0 Å². The number of carbonyl (C=O) groups excluding carboxylic acids is 1. The number of likely N-dealkylation sites (tertiary alicyclic amines) is 1. The van der Waals surface area contributed by atoms with Gasteiger partial charge in [0.05, 0.1) is 19.7 Å². The highest BCUT2D eigenvalue weighted by molar-refractivity contribution is 7.89. The van der Waals surface area contributed by atoms with Gasteiger partial charge in [0.15, 0.2) is 0 Å². The van der Waals surface area contributed by atoms with E-state index in [1.165, 1.54) is 6.07 Å². The summed E-state index contributed by atoms with van der Waals surface area (Å²) in [6.07, 6.45) is 1.15. The van der Waals surface area contributed by atoms with Crippen molar-refractivity contribution in [2.75, 3.05) is 32.9 Å². The van der Waals surface area contributed by atoms with E-state index in [9.17, 15) is 17.6 Å². The normalized spacial score (nSPS) is 22.1. The Balaban J connectivity index is 1.75. The monoisotopic (exact) mass is 356 g/mol. The van der Waals surface area contributed by atoms with Crippen LogP contribution in [-0.2, 0) is 14.8 Å². The lowest BCUT2D eigenvalue weighted by atomic mass is 9.79. The van der Waals surface area contributed by atoms with Gasteiger partial charge in [-0.3, -0.25) is 9.18 Å². The predicted molar refractivity (Wildman–Crippen MR) is 86.0 cm³/mol. The number of benzene rings is 1. The smallest absolute Gasteiger partial charge is 0.244 e. The fourth-order valence-electron chi connectivity index (χ4n) is 3.19. The van der Waals surface area contributed by atoms with E-state index in [-0.39, 0.29) is 29.2 Å². The summed E-state index contributed by atoms with van der Waals surface area (Å²) in [4.78, 5) is 13.6. The van der Waals surface area contributed by atoms with Gasteiger partial charge >= 0.3 is 0 Å². The number of halogens is 1. The van der Waals surface area contributed by atoms with Crippen molar-refractivity contribution in [1.82, 2.24) is 9.62 Å². The third-order valence-corrected chi connectivity index (χ3v) is 6.24. The van der Waals surface area contributed by atoms with Crippen molar-refractivity contribution in [3.63, 3.8) is 0 Å². The summed E-state index contributed by atoms with van der Waals surface area (Å²) in [5, 5.41) is 0. The van der Waals surface area contributed by atoms with Gasteiger partial charge in [0, 0.05) is 25.0 Å². The molecule has 0 aromatic heterocycles. The van der Waals surface area contributed by atoms with Crippen LogP contribution in [0.25, 0.3) is 0 Å². The van der Waals surface area contributed by atoms with Gasteiger partial charge in [-0.1, -0.05) is 12.1 Å². The van der Waals surface area contributed by atoms with Gasteiger partial charge in [0.1, 0.15) is 10.6 Å². The Kier molecular flexibility index (Phi) is 4.78. The highest BCUT2D eigenvalue weighted by Gasteiger charge is 2.39. The van der Waals surface area contributed by atoms with Gasteiger partial charge in [-0.05, 0) is 25.0 Å². The highest BCUT2D eigenvalue weighted by atomic mass is 32.2. The third-order valence-electron chi connectivity index (χ3n) is 4.79. The first-order valence-electron chi connectivity index (χ1n) is 8.01. The number of carbonyl (C=O) groups is 1. The number of para-hydroxylation sites is 1. The van der Waals surface area contributed by atoms with E-state index < -0.39 is 16.7 Å². The summed E-state index contributed by atoms with van der Waals surface area (Å²) in [7, 11) is -3.62. The standard InChI is InChI=1S/C16H21FN2O4S/c17-8-5-15(20)19-9-6-16(7-10-19)11-18-24(21,22)14-4-2-1-3-13(14)23-12-16/h1-4,18H,5-12H2. The molecule has 0 radical (unpaired) electrons. The van der Waals surface area contributed by atoms with Gasteiger partial charge in [-0.15, -0.1) is 0 Å². The number of hydrogen-bond acceptors (Lipinski definition) is 4. The Morgan fingerprint density at radius 3 is 2.71 bits per heavy atom. The fraction of sp³-hybridized carbons (Fsp3) is 0.562. The average Bonchev–Trinajstić information content (AvgIpc) is 2.59. The van der Waals surface area contributed by atoms with Crippen LogP contribution in [0.1, 0.15) is 19.3 Å². The molecule has 0 atom stereocenters. The lowest BCUT2D eigenvalue weighted by Crippen LogP contribution is -2.51. The molecule has 3 rings (SSSR count). The summed E-state index contributed by atoms with van der Waals surface area (Å²) in [5.41, 5.74) is -0.354. The second-order valence-electron chi connectivity index (χ2n) is 6.38. The van der Waals surface area contributed by atoms with Crippen molar-refractivity contribution in [3.05, 3.63) is 24.3 Å². The van der Waals surface area contributed by atoms with Crippen LogP contribution in [0.2, 0.25) is 0 Å². The molecule has 1 aromatic rings. The number of alkyl halides is 1. The van der Waals surface area contributed by atoms with Gasteiger partial charge in [0.2, 0.25) is 15.9 Å². The van der Waals surface area contributed by atoms with Gasteiger partial charge in [0.25, 0.3) is 0 Å². The Morgan fingerprint density at radius 2 is 2.00 bits per heavy atom.